The minimum Gasteiger partial charge on any atom is -0.381 e. The van der Waals surface area contributed by atoms with E-state index in [-0.39, 0.29) is 5.60 Å². The number of aromatic nitrogens is 3. The van der Waals surface area contributed by atoms with Gasteiger partial charge in [0.15, 0.2) is 0 Å². The van der Waals surface area contributed by atoms with E-state index in [1.807, 2.05) is 12.1 Å². The van der Waals surface area contributed by atoms with Crippen molar-refractivity contribution in [3.63, 3.8) is 0 Å². The molecule has 0 saturated carbocycles. The van der Waals surface area contributed by atoms with Crippen LogP contribution in [0.3, 0.4) is 0 Å². The maximum absolute atomic E-state index is 6.13. The van der Waals surface area contributed by atoms with Gasteiger partial charge in [0.25, 0.3) is 0 Å². The zero-order valence-electron chi connectivity index (χ0n) is 14.6. The Balaban J connectivity index is 1.40. The maximum atomic E-state index is 6.13. The number of ether oxygens (including phenoxy) is 2. The molecule has 1 spiro atoms. The van der Waals surface area contributed by atoms with Crippen LogP contribution in [0.2, 0.25) is 0 Å². The monoisotopic (exact) mass is 344 g/mol. The SMILES string of the molecule is CN(Cc1nc(-c2cccnc2)no1)[C@H]1CCOC2(CCOCC2)C1. The highest BCUT2D eigenvalue weighted by molar-refractivity contribution is 5.51. The fourth-order valence-corrected chi connectivity index (χ4v) is 3.74. The van der Waals surface area contributed by atoms with E-state index >= 15 is 0 Å². The van der Waals surface area contributed by atoms with Crippen molar-refractivity contribution < 1.29 is 14.0 Å². The molecule has 1 atom stereocenters. The summed E-state index contributed by atoms with van der Waals surface area (Å²) in [7, 11) is 2.12. The van der Waals surface area contributed by atoms with Gasteiger partial charge in [0.2, 0.25) is 11.7 Å². The summed E-state index contributed by atoms with van der Waals surface area (Å²) in [5.74, 6) is 1.22. The first-order valence-electron chi connectivity index (χ1n) is 8.89. The molecule has 2 aromatic rings. The van der Waals surface area contributed by atoms with E-state index in [2.05, 4.69) is 27.1 Å². The fraction of sp³-hybridized carbons (Fsp3) is 0.611. The molecule has 4 rings (SSSR count). The van der Waals surface area contributed by atoms with Crippen LogP contribution in [-0.4, -0.2) is 58.5 Å². The molecular weight excluding hydrogens is 320 g/mol. The van der Waals surface area contributed by atoms with Crippen molar-refractivity contribution in [3.05, 3.63) is 30.4 Å². The van der Waals surface area contributed by atoms with E-state index in [0.717, 1.165) is 51.1 Å². The Kier molecular flexibility index (Phi) is 4.78. The first-order chi connectivity index (χ1) is 12.2. The molecule has 0 amide bonds. The van der Waals surface area contributed by atoms with Gasteiger partial charge in [-0.15, -0.1) is 0 Å². The summed E-state index contributed by atoms with van der Waals surface area (Å²) in [6.45, 7) is 3.05. The summed E-state index contributed by atoms with van der Waals surface area (Å²) >= 11 is 0. The number of nitrogens with zero attached hydrogens (tertiary/aromatic N) is 4. The molecule has 2 aromatic heterocycles. The van der Waals surface area contributed by atoms with E-state index in [1.54, 1.807) is 12.4 Å². The summed E-state index contributed by atoms with van der Waals surface area (Å²) in [5, 5.41) is 4.07. The first-order valence-corrected chi connectivity index (χ1v) is 8.89. The van der Waals surface area contributed by atoms with Crippen molar-refractivity contribution in [2.75, 3.05) is 26.9 Å². The van der Waals surface area contributed by atoms with E-state index < -0.39 is 0 Å². The third-order valence-electron chi connectivity index (χ3n) is 5.27. The van der Waals surface area contributed by atoms with Crippen molar-refractivity contribution >= 4 is 0 Å². The first kappa shape index (κ1) is 16.6. The smallest absolute Gasteiger partial charge is 0.241 e. The summed E-state index contributed by atoms with van der Waals surface area (Å²) in [6, 6.07) is 4.26. The molecule has 25 heavy (non-hydrogen) atoms. The van der Waals surface area contributed by atoms with Crippen LogP contribution in [-0.2, 0) is 16.0 Å². The molecule has 2 aliphatic rings. The molecule has 4 heterocycles. The van der Waals surface area contributed by atoms with Gasteiger partial charge in [-0.25, -0.2) is 0 Å². The topological polar surface area (TPSA) is 73.5 Å². The summed E-state index contributed by atoms with van der Waals surface area (Å²) < 4.78 is 17.1. The number of rotatable bonds is 4. The predicted octanol–water partition coefficient (Wildman–Crippen LogP) is 2.29. The normalized spacial score (nSPS) is 23.2. The molecule has 0 aliphatic carbocycles. The standard InChI is InChI=1S/C18H24N4O3/c1-22(15-4-8-24-18(11-15)5-9-23-10-6-18)13-16-20-17(21-25-16)14-3-2-7-19-12-14/h2-3,7,12,15H,4-6,8-11,13H2,1H3/t15-/m0/s1. The number of hydrogen-bond donors (Lipinski definition) is 0. The molecule has 0 N–H and O–H groups in total. The van der Waals surface area contributed by atoms with Crippen molar-refractivity contribution in [1.82, 2.24) is 20.0 Å². The Morgan fingerprint density at radius 1 is 1.28 bits per heavy atom. The van der Waals surface area contributed by atoms with Gasteiger partial charge in [0.05, 0.1) is 12.1 Å². The Hall–Kier alpha value is -1.83. The summed E-state index contributed by atoms with van der Waals surface area (Å²) in [4.78, 5) is 10.9. The van der Waals surface area contributed by atoms with Crippen LogP contribution < -0.4 is 0 Å². The van der Waals surface area contributed by atoms with Gasteiger partial charge in [-0.05, 0) is 44.9 Å². The molecular formula is C18H24N4O3. The molecule has 0 aromatic carbocycles. The van der Waals surface area contributed by atoms with Gasteiger partial charge < -0.3 is 14.0 Å². The van der Waals surface area contributed by atoms with Crippen LogP contribution in [0, 0.1) is 0 Å². The van der Waals surface area contributed by atoms with Crippen LogP contribution in [0.4, 0.5) is 0 Å². The second kappa shape index (κ2) is 7.19. The predicted molar refractivity (Wildman–Crippen MR) is 90.8 cm³/mol. The lowest BCUT2D eigenvalue weighted by Crippen LogP contribution is -2.50. The lowest BCUT2D eigenvalue weighted by Gasteiger charge is -2.45. The average Bonchev–Trinajstić information content (AvgIpc) is 3.12. The molecule has 0 radical (unpaired) electrons. The second-order valence-corrected chi connectivity index (χ2v) is 6.96. The highest BCUT2D eigenvalue weighted by Gasteiger charge is 2.40. The number of pyridine rings is 1. The quantitative estimate of drug-likeness (QED) is 0.842. The van der Waals surface area contributed by atoms with Gasteiger partial charge in [0.1, 0.15) is 0 Å². The average molecular weight is 344 g/mol. The lowest BCUT2D eigenvalue weighted by atomic mass is 9.83. The zero-order valence-corrected chi connectivity index (χ0v) is 14.6. The van der Waals surface area contributed by atoms with E-state index in [9.17, 15) is 0 Å². The van der Waals surface area contributed by atoms with Gasteiger partial charge in [-0.2, -0.15) is 4.98 Å². The van der Waals surface area contributed by atoms with E-state index in [1.165, 1.54) is 0 Å². The van der Waals surface area contributed by atoms with Crippen LogP contribution in [0.5, 0.6) is 0 Å². The molecule has 7 heteroatoms. The van der Waals surface area contributed by atoms with Gasteiger partial charge in [0, 0.05) is 43.8 Å². The zero-order chi connectivity index (χ0) is 17.1. The second-order valence-electron chi connectivity index (χ2n) is 6.96. The van der Waals surface area contributed by atoms with E-state index in [4.69, 9.17) is 14.0 Å². The number of hydrogen-bond acceptors (Lipinski definition) is 7. The summed E-state index contributed by atoms with van der Waals surface area (Å²) in [6.07, 6.45) is 7.52. The van der Waals surface area contributed by atoms with Crippen molar-refractivity contribution in [3.8, 4) is 11.4 Å². The van der Waals surface area contributed by atoms with Crippen LogP contribution in [0.25, 0.3) is 11.4 Å². The van der Waals surface area contributed by atoms with Crippen molar-refractivity contribution in [2.24, 2.45) is 0 Å². The van der Waals surface area contributed by atoms with E-state index in [0.29, 0.717) is 24.3 Å². The molecule has 7 nitrogen and oxygen atoms in total. The largest absolute Gasteiger partial charge is 0.381 e. The molecule has 2 fully saturated rings. The maximum Gasteiger partial charge on any atom is 0.241 e. The highest BCUT2D eigenvalue weighted by atomic mass is 16.5. The van der Waals surface area contributed by atoms with Crippen molar-refractivity contribution in [2.45, 2.75) is 43.9 Å². The van der Waals surface area contributed by atoms with Gasteiger partial charge in [-0.1, -0.05) is 5.16 Å². The Morgan fingerprint density at radius 2 is 2.16 bits per heavy atom. The minimum absolute atomic E-state index is 0.00879. The van der Waals surface area contributed by atoms with Gasteiger partial charge in [-0.3, -0.25) is 9.88 Å². The molecule has 2 aliphatic heterocycles. The Labute approximate surface area is 147 Å². The van der Waals surface area contributed by atoms with Crippen LogP contribution in [0.1, 0.15) is 31.6 Å². The molecule has 134 valence electrons. The fourth-order valence-electron chi connectivity index (χ4n) is 3.74. The molecule has 0 unspecified atom stereocenters. The van der Waals surface area contributed by atoms with Crippen LogP contribution >= 0.6 is 0 Å². The lowest BCUT2D eigenvalue weighted by molar-refractivity contribution is -0.150. The molecule has 2 saturated heterocycles. The third kappa shape index (κ3) is 3.73. The third-order valence-corrected chi connectivity index (χ3v) is 5.27. The Bertz CT molecular complexity index is 679. The molecule has 0 bridgehead atoms. The summed E-state index contributed by atoms with van der Waals surface area (Å²) in [5.41, 5.74) is 0.859. The minimum atomic E-state index is -0.00879. The Morgan fingerprint density at radius 3 is 2.96 bits per heavy atom. The highest BCUT2D eigenvalue weighted by Crippen LogP contribution is 2.36. The van der Waals surface area contributed by atoms with Gasteiger partial charge >= 0.3 is 0 Å². The van der Waals surface area contributed by atoms with Crippen molar-refractivity contribution in [1.29, 1.82) is 0 Å². The van der Waals surface area contributed by atoms with Crippen LogP contribution in [0.15, 0.2) is 29.0 Å².